The maximum atomic E-state index is 11.5. The zero-order valence-electron chi connectivity index (χ0n) is 11.0. The number of aromatic nitrogens is 1. The van der Waals surface area contributed by atoms with Crippen LogP contribution in [0.1, 0.15) is 23.2 Å². The van der Waals surface area contributed by atoms with Crippen LogP contribution in [-0.2, 0) is 9.47 Å². The third-order valence-corrected chi connectivity index (χ3v) is 3.21. The van der Waals surface area contributed by atoms with Crippen molar-refractivity contribution >= 4 is 17.5 Å². The Morgan fingerprint density at radius 2 is 2.53 bits per heavy atom. The van der Waals surface area contributed by atoms with Crippen LogP contribution in [0.15, 0.2) is 12.3 Å². The molecule has 3 N–H and O–H groups in total. The first-order chi connectivity index (χ1) is 9.22. The number of nitrogens with two attached hydrogens (primary N) is 1. The van der Waals surface area contributed by atoms with Gasteiger partial charge in [-0.05, 0) is 24.8 Å². The molecule has 0 radical (unpaired) electrons. The Labute approximate surface area is 112 Å². The Kier molecular flexibility index (Phi) is 4.57. The fourth-order valence-corrected chi connectivity index (χ4v) is 2.11. The Morgan fingerprint density at radius 3 is 3.21 bits per heavy atom. The summed E-state index contributed by atoms with van der Waals surface area (Å²) >= 11 is 0. The average molecular weight is 265 g/mol. The number of nitrogens with zero attached hydrogens (tertiary/aromatic N) is 1. The summed E-state index contributed by atoms with van der Waals surface area (Å²) in [5.74, 6) is 0.522. The van der Waals surface area contributed by atoms with E-state index in [1.807, 2.05) is 0 Å². The molecular formula is C13H19N3O3. The molecule has 104 valence electrons. The highest BCUT2D eigenvalue weighted by atomic mass is 16.5. The van der Waals surface area contributed by atoms with E-state index in [4.69, 9.17) is 10.5 Å². The van der Waals surface area contributed by atoms with Crippen molar-refractivity contribution in [3.8, 4) is 0 Å². The minimum absolute atomic E-state index is 0.325. The molecule has 19 heavy (non-hydrogen) atoms. The monoisotopic (exact) mass is 265 g/mol. The van der Waals surface area contributed by atoms with Crippen molar-refractivity contribution in [3.63, 3.8) is 0 Å². The standard InChI is InChI=1S/C13H19N3O3/c1-18-13(17)10-4-5-15-12(11(10)14)16-7-9-3-2-6-19-8-9/h4-5,9H,2-3,6-8,14H2,1H3,(H,15,16). The fraction of sp³-hybridized carbons (Fsp3) is 0.538. The average Bonchev–Trinajstić information content (AvgIpc) is 2.46. The van der Waals surface area contributed by atoms with Crippen LogP contribution in [0, 0.1) is 5.92 Å². The van der Waals surface area contributed by atoms with Gasteiger partial charge in [0.05, 0.1) is 25.0 Å². The first kappa shape index (κ1) is 13.6. The number of esters is 1. The van der Waals surface area contributed by atoms with Crippen LogP contribution in [0.25, 0.3) is 0 Å². The number of ether oxygens (including phenoxy) is 2. The van der Waals surface area contributed by atoms with Crippen molar-refractivity contribution in [3.05, 3.63) is 17.8 Å². The van der Waals surface area contributed by atoms with Gasteiger partial charge < -0.3 is 20.5 Å². The Morgan fingerprint density at radius 1 is 1.68 bits per heavy atom. The van der Waals surface area contributed by atoms with E-state index in [0.29, 0.717) is 23.0 Å². The molecule has 1 saturated heterocycles. The van der Waals surface area contributed by atoms with Crippen molar-refractivity contribution < 1.29 is 14.3 Å². The predicted octanol–water partition coefficient (Wildman–Crippen LogP) is 1.29. The van der Waals surface area contributed by atoms with Crippen LogP contribution in [0.2, 0.25) is 0 Å². The summed E-state index contributed by atoms with van der Waals surface area (Å²) in [6.07, 6.45) is 3.75. The van der Waals surface area contributed by atoms with Gasteiger partial charge in [0, 0.05) is 19.3 Å². The summed E-state index contributed by atoms with van der Waals surface area (Å²) in [7, 11) is 1.33. The number of rotatable bonds is 4. The van der Waals surface area contributed by atoms with Gasteiger partial charge in [0.25, 0.3) is 0 Å². The molecule has 1 fully saturated rings. The van der Waals surface area contributed by atoms with Crippen LogP contribution < -0.4 is 11.1 Å². The Bertz CT molecular complexity index is 445. The molecule has 1 aliphatic rings. The molecule has 0 saturated carbocycles. The predicted molar refractivity (Wildman–Crippen MR) is 72.0 cm³/mol. The largest absolute Gasteiger partial charge is 0.465 e. The van der Waals surface area contributed by atoms with E-state index >= 15 is 0 Å². The highest BCUT2D eigenvalue weighted by Gasteiger charge is 2.17. The second kappa shape index (κ2) is 6.38. The number of hydrogen-bond acceptors (Lipinski definition) is 6. The first-order valence-electron chi connectivity index (χ1n) is 6.36. The van der Waals surface area contributed by atoms with Gasteiger partial charge in [-0.3, -0.25) is 0 Å². The van der Waals surface area contributed by atoms with E-state index in [1.165, 1.54) is 7.11 Å². The number of nitrogen functional groups attached to an aromatic ring is 1. The van der Waals surface area contributed by atoms with E-state index in [2.05, 4.69) is 15.0 Å². The first-order valence-corrected chi connectivity index (χ1v) is 6.36. The van der Waals surface area contributed by atoms with Crippen LogP contribution in [0.5, 0.6) is 0 Å². The van der Waals surface area contributed by atoms with Gasteiger partial charge in [-0.2, -0.15) is 0 Å². The molecular weight excluding hydrogens is 246 g/mol. The van der Waals surface area contributed by atoms with Gasteiger partial charge >= 0.3 is 5.97 Å². The summed E-state index contributed by atoms with van der Waals surface area (Å²) in [5, 5.41) is 3.18. The highest BCUT2D eigenvalue weighted by Crippen LogP contribution is 2.22. The van der Waals surface area contributed by atoms with Gasteiger partial charge in [0.15, 0.2) is 0 Å². The minimum Gasteiger partial charge on any atom is -0.465 e. The lowest BCUT2D eigenvalue weighted by Gasteiger charge is -2.22. The molecule has 2 heterocycles. The quantitative estimate of drug-likeness (QED) is 0.798. The van der Waals surface area contributed by atoms with Gasteiger partial charge in [0.2, 0.25) is 0 Å². The molecule has 1 aliphatic heterocycles. The third-order valence-electron chi connectivity index (χ3n) is 3.21. The lowest BCUT2D eigenvalue weighted by molar-refractivity contribution is 0.0593. The summed E-state index contributed by atoms with van der Waals surface area (Å²) in [5.41, 5.74) is 6.58. The molecule has 0 bridgehead atoms. The summed E-state index contributed by atoms with van der Waals surface area (Å²) in [4.78, 5) is 15.7. The lowest BCUT2D eigenvalue weighted by Crippen LogP contribution is -2.25. The third kappa shape index (κ3) is 3.35. The summed E-state index contributed by atoms with van der Waals surface area (Å²) < 4.78 is 10.1. The smallest absolute Gasteiger partial charge is 0.340 e. The van der Waals surface area contributed by atoms with Crippen molar-refractivity contribution in [1.82, 2.24) is 4.98 Å². The van der Waals surface area contributed by atoms with Crippen molar-refractivity contribution in [1.29, 1.82) is 0 Å². The lowest BCUT2D eigenvalue weighted by atomic mass is 10.0. The van der Waals surface area contributed by atoms with Gasteiger partial charge in [-0.15, -0.1) is 0 Å². The van der Waals surface area contributed by atoms with E-state index in [9.17, 15) is 4.79 Å². The molecule has 1 unspecified atom stereocenters. The van der Waals surface area contributed by atoms with E-state index in [0.717, 1.165) is 32.6 Å². The summed E-state index contributed by atoms with van der Waals surface area (Å²) in [6.45, 7) is 2.33. The number of methoxy groups -OCH3 is 1. The van der Waals surface area contributed by atoms with Crippen LogP contribution >= 0.6 is 0 Å². The minimum atomic E-state index is -0.455. The SMILES string of the molecule is COC(=O)c1ccnc(NCC2CCCOC2)c1N. The van der Waals surface area contributed by atoms with Crippen molar-refractivity contribution in [2.24, 2.45) is 5.92 Å². The number of anilines is 2. The van der Waals surface area contributed by atoms with Gasteiger partial charge in [0.1, 0.15) is 5.82 Å². The van der Waals surface area contributed by atoms with E-state index < -0.39 is 5.97 Å². The second-order valence-corrected chi connectivity index (χ2v) is 4.58. The number of pyridine rings is 1. The highest BCUT2D eigenvalue weighted by molar-refractivity contribution is 5.97. The van der Waals surface area contributed by atoms with Crippen LogP contribution in [-0.4, -0.2) is 37.8 Å². The molecule has 0 spiro atoms. The number of nitrogens with one attached hydrogen (secondary N) is 1. The zero-order chi connectivity index (χ0) is 13.7. The maximum absolute atomic E-state index is 11.5. The zero-order valence-corrected chi connectivity index (χ0v) is 11.0. The molecule has 0 aromatic carbocycles. The normalized spacial score (nSPS) is 18.9. The molecule has 6 heteroatoms. The van der Waals surface area contributed by atoms with Gasteiger partial charge in [-0.1, -0.05) is 0 Å². The molecule has 1 aromatic rings. The molecule has 0 aliphatic carbocycles. The number of carbonyl (C=O) groups excluding carboxylic acids is 1. The fourth-order valence-electron chi connectivity index (χ4n) is 2.11. The molecule has 6 nitrogen and oxygen atoms in total. The van der Waals surface area contributed by atoms with Gasteiger partial charge in [-0.25, -0.2) is 9.78 Å². The Balaban J connectivity index is 2.01. The molecule has 1 aromatic heterocycles. The molecule has 2 rings (SSSR count). The topological polar surface area (TPSA) is 86.5 Å². The molecule has 1 atom stereocenters. The summed E-state index contributed by atoms with van der Waals surface area (Å²) in [6, 6.07) is 1.55. The van der Waals surface area contributed by atoms with Crippen LogP contribution in [0.3, 0.4) is 0 Å². The van der Waals surface area contributed by atoms with Crippen molar-refractivity contribution in [2.75, 3.05) is 37.9 Å². The second-order valence-electron chi connectivity index (χ2n) is 4.58. The van der Waals surface area contributed by atoms with E-state index in [-0.39, 0.29) is 0 Å². The molecule has 0 amide bonds. The van der Waals surface area contributed by atoms with Crippen molar-refractivity contribution in [2.45, 2.75) is 12.8 Å². The number of carbonyl (C=O) groups is 1. The Hall–Kier alpha value is -1.82. The van der Waals surface area contributed by atoms with Crippen LogP contribution in [0.4, 0.5) is 11.5 Å². The maximum Gasteiger partial charge on any atom is 0.340 e. The van der Waals surface area contributed by atoms with E-state index in [1.54, 1.807) is 12.3 Å². The number of hydrogen-bond donors (Lipinski definition) is 2.